The molecule has 2 aromatic carbocycles. The molecule has 4 rings (SSSR count). The molecule has 0 bridgehead atoms. The van der Waals surface area contributed by atoms with Crippen molar-refractivity contribution in [2.45, 2.75) is 38.5 Å². The van der Waals surface area contributed by atoms with Crippen molar-refractivity contribution in [2.24, 2.45) is 0 Å². The number of hydrogen-bond donors (Lipinski definition) is 1. The van der Waals surface area contributed by atoms with E-state index in [1.165, 1.54) is 11.3 Å². The maximum absolute atomic E-state index is 13.1. The van der Waals surface area contributed by atoms with Crippen molar-refractivity contribution in [2.75, 3.05) is 26.3 Å². The molecule has 1 fully saturated rings. The van der Waals surface area contributed by atoms with Crippen LogP contribution in [0.2, 0.25) is 10.0 Å². The first-order chi connectivity index (χ1) is 19.1. The average molecular weight is 608 g/mol. The van der Waals surface area contributed by atoms with Gasteiger partial charge in [-0.3, -0.25) is 15.0 Å². The van der Waals surface area contributed by atoms with Gasteiger partial charge in [-0.05, 0) is 44.4 Å². The molecule has 1 amide bonds. The largest absolute Gasteiger partial charge is 0.463 e. The van der Waals surface area contributed by atoms with Crippen LogP contribution >= 0.6 is 34.5 Å². The highest BCUT2D eigenvalue weighted by atomic mass is 35.5. The summed E-state index contributed by atoms with van der Waals surface area (Å²) in [5.41, 5.74) is 4.59. The number of rotatable bonds is 10. The molecule has 1 N–H and O–H groups in total. The maximum Gasteiger partial charge on any atom is 0.316 e. The first kappa shape index (κ1) is 29.7. The number of ether oxygens (including phenoxy) is 1. The summed E-state index contributed by atoms with van der Waals surface area (Å²) in [6.45, 7) is 4.40. The van der Waals surface area contributed by atoms with E-state index >= 15 is 0 Å². The number of piperidine rings is 1. The Balaban J connectivity index is 1.61. The summed E-state index contributed by atoms with van der Waals surface area (Å²) in [5.74, 6) is -0.836. The summed E-state index contributed by atoms with van der Waals surface area (Å²) >= 11 is 13.9. The normalized spacial score (nSPS) is 14.0. The minimum atomic E-state index is -1.03. The number of esters is 1. The van der Waals surface area contributed by atoms with Gasteiger partial charge in [0, 0.05) is 29.2 Å². The Morgan fingerprint density at radius 3 is 2.45 bits per heavy atom. The number of nitrogens with one attached hydrogen (secondary N) is 1. The van der Waals surface area contributed by atoms with Gasteiger partial charge >= 0.3 is 5.97 Å². The molecular weight excluding hydrogens is 579 g/mol. The lowest BCUT2D eigenvalue weighted by atomic mass is 9.84. The molecule has 3 aromatic rings. The summed E-state index contributed by atoms with van der Waals surface area (Å²) in [6, 6.07) is 12.4. The molecule has 0 saturated carbocycles. The summed E-state index contributed by atoms with van der Waals surface area (Å²) < 4.78 is 5.17. The van der Waals surface area contributed by atoms with E-state index in [0.29, 0.717) is 36.8 Å². The second-order valence-electron chi connectivity index (χ2n) is 9.70. The van der Waals surface area contributed by atoms with Gasteiger partial charge in [-0.1, -0.05) is 60.0 Å². The van der Waals surface area contributed by atoms with Crippen LogP contribution in [0.4, 0.5) is 0 Å². The number of hydrogen-bond acceptors (Lipinski definition) is 9. The lowest BCUT2D eigenvalue weighted by Crippen LogP contribution is -2.45. The van der Waals surface area contributed by atoms with Crippen LogP contribution in [0.25, 0.3) is 21.7 Å². The third-order valence-corrected chi connectivity index (χ3v) is 8.15. The second-order valence-corrected chi connectivity index (χ2v) is 11.5. The number of aromatic nitrogens is 1. The average Bonchev–Trinajstić information content (AvgIpc) is 3.37. The molecule has 0 atom stereocenters. The number of amides is 1. The minimum Gasteiger partial charge on any atom is -0.463 e. The van der Waals surface area contributed by atoms with Gasteiger partial charge in [-0.25, -0.2) is 9.99 Å². The van der Waals surface area contributed by atoms with Gasteiger partial charge in [0.1, 0.15) is 13.2 Å². The first-order valence-electron chi connectivity index (χ1n) is 12.6. The molecule has 0 unspecified atom stereocenters. The third-order valence-electron chi connectivity index (χ3n) is 6.52. The van der Waals surface area contributed by atoms with Crippen LogP contribution in [0.3, 0.4) is 0 Å². The fourth-order valence-corrected chi connectivity index (χ4v) is 5.83. The Labute approximate surface area is 245 Å². The molecule has 13 heteroatoms. The van der Waals surface area contributed by atoms with Gasteiger partial charge < -0.3 is 9.57 Å². The molecule has 1 aliphatic heterocycles. The van der Waals surface area contributed by atoms with Crippen LogP contribution in [-0.2, 0) is 19.8 Å². The molecule has 1 aromatic heterocycles. The number of halogens is 2. The number of thiazole rings is 1. The Bertz CT molecular complexity index is 1390. The Morgan fingerprint density at radius 1 is 1.10 bits per heavy atom. The summed E-state index contributed by atoms with van der Waals surface area (Å²) in [6.07, 6.45) is 3.20. The van der Waals surface area contributed by atoms with Gasteiger partial charge in [0.15, 0.2) is 5.01 Å². The molecule has 40 heavy (non-hydrogen) atoms. The van der Waals surface area contributed by atoms with Gasteiger partial charge in [-0.2, -0.15) is 0 Å². The summed E-state index contributed by atoms with van der Waals surface area (Å²) in [7, 11) is 0. The van der Waals surface area contributed by atoms with E-state index in [0.717, 1.165) is 37.9 Å². The molecule has 10 nitrogen and oxygen atoms in total. The van der Waals surface area contributed by atoms with Crippen LogP contribution in [0, 0.1) is 10.1 Å². The molecule has 212 valence electrons. The Morgan fingerprint density at radius 2 is 1.80 bits per heavy atom. The molecule has 0 aliphatic carbocycles. The molecule has 1 saturated heterocycles. The van der Waals surface area contributed by atoms with E-state index in [9.17, 15) is 19.7 Å². The molecule has 2 heterocycles. The number of carbonyl (C=O) groups excluding carboxylic acids is 2. The fraction of sp³-hybridized carbons (Fsp3) is 0.370. The zero-order valence-electron chi connectivity index (χ0n) is 21.9. The maximum atomic E-state index is 13.1. The zero-order chi connectivity index (χ0) is 28.9. The number of benzene rings is 2. The number of carbonyl (C=O) groups is 2. The molecular formula is C27H28Cl2N4O6S. The van der Waals surface area contributed by atoms with Crippen LogP contribution in [0.15, 0.2) is 42.5 Å². The van der Waals surface area contributed by atoms with Crippen LogP contribution in [-0.4, -0.2) is 53.3 Å². The predicted octanol–water partition coefficient (Wildman–Crippen LogP) is 5.94. The summed E-state index contributed by atoms with van der Waals surface area (Å²) in [5, 5.41) is 12.5. The van der Waals surface area contributed by atoms with Crippen molar-refractivity contribution in [3.63, 3.8) is 0 Å². The van der Waals surface area contributed by atoms with E-state index in [1.54, 1.807) is 44.2 Å². The van der Waals surface area contributed by atoms with Gasteiger partial charge in [0.25, 0.3) is 11.0 Å². The van der Waals surface area contributed by atoms with E-state index in [-0.39, 0.29) is 19.1 Å². The van der Waals surface area contributed by atoms with E-state index in [4.69, 9.17) is 32.9 Å². The minimum absolute atomic E-state index is 0.242. The first-order valence-corrected chi connectivity index (χ1v) is 14.2. The Kier molecular flexibility index (Phi) is 9.62. The monoisotopic (exact) mass is 606 g/mol. The van der Waals surface area contributed by atoms with Crippen molar-refractivity contribution < 1.29 is 24.3 Å². The Hall–Kier alpha value is -3.25. The van der Waals surface area contributed by atoms with Crippen molar-refractivity contribution in [1.29, 1.82) is 0 Å². The quantitative estimate of drug-likeness (QED) is 0.130. The fourth-order valence-electron chi connectivity index (χ4n) is 4.26. The lowest BCUT2D eigenvalue weighted by Gasteiger charge is -2.26. The van der Waals surface area contributed by atoms with Gasteiger partial charge in [0.2, 0.25) is 0 Å². The highest BCUT2D eigenvalue weighted by Gasteiger charge is 2.32. The van der Waals surface area contributed by atoms with Crippen molar-refractivity contribution >= 4 is 46.4 Å². The molecule has 1 aliphatic rings. The van der Waals surface area contributed by atoms with Gasteiger partial charge in [-0.15, -0.1) is 21.5 Å². The standard InChI is InChI=1S/C27H28Cl2N4O6S/c1-27(2,26(35)38-14-15-39-33(36)37)18-8-6-17(7-9-18)22-23(20-11-10-19(28)16-21(20)29)40-25(30-22)24(34)31-32-12-4-3-5-13-32/h6-11,16H,3-5,12-15H2,1-2H3,(H,31,34). The van der Waals surface area contributed by atoms with E-state index in [2.05, 4.69) is 10.3 Å². The number of hydrazine groups is 1. The van der Waals surface area contributed by atoms with E-state index < -0.39 is 16.5 Å². The van der Waals surface area contributed by atoms with Gasteiger partial charge in [0.05, 0.1) is 21.0 Å². The SMILES string of the molecule is CC(C)(C(=O)OCCO[N+](=O)[O-])c1ccc(-c2nc(C(=O)NN3CCCCC3)sc2-c2ccc(Cl)cc2Cl)cc1. The van der Waals surface area contributed by atoms with Crippen molar-refractivity contribution in [3.05, 3.63) is 73.2 Å². The molecule has 0 radical (unpaired) electrons. The highest BCUT2D eigenvalue weighted by Crippen LogP contribution is 2.41. The zero-order valence-corrected chi connectivity index (χ0v) is 24.3. The topological polar surface area (TPSA) is 124 Å². The number of nitrogens with zero attached hydrogens (tertiary/aromatic N) is 3. The smallest absolute Gasteiger partial charge is 0.316 e. The van der Waals surface area contributed by atoms with Crippen LogP contribution in [0.1, 0.15) is 48.5 Å². The summed E-state index contributed by atoms with van der Waals surface area (Å²) in [4.78, 5) is 45.7. The lowest BCUT2D eigenvalue weighted by molar-refractivity contribution is -0.757. The van der Waals surface area contributed by atoms with Crippen LogP contribution in [0.5, 0.6) is 0 Å². The van der Waals surface area contributed by atoms with Crippen molar-refractivity contribution in [3.8, 4) is 21.7 Å². The highest BCUT2D eigenvalue weighted by molar-refractivity contribution is 7.17. The van der Waals surface area contributed by atoms with Crippen molar-refractivity contribution in [1.82, 2.24) is 15.4 Å². The predicted molar refractivity (Wildman–Crippen MR) is 153 cm³/mol. The van der Waals surface area contributed by atoms with E-state index in [1.807, 2.05) is 17.1 Å². The molecule has 0 spiro atoms. The third kappa shape index (κ3) is 7.08. The second kappa shape index (κ2) is 12.9. The van der Waals surface area contributed by atoms with Crippen LogP contribution < -0.4 is 5.43 Å².